The summed E-state index contributed by atoms with van der Waals surface area (Å²) in [5.74, 6) is -1.09. The van der Waals surface area contributed by atoms with Crippen molar-refractivity contribution in [2.24, 2.45) is 0 Å². The van der Waals surface area contributed by atoms with Crippen LogP contribution in [0.1, 0.15) is 10.8 Å². The minimum atomic E-state index is -4.81. The van der Waals surface area contributed by atoms with E-state index in [1.807, 2.05) is 30.3 Å². The Morgan fingerprint density at radius 2 is 1.47 bits per heavy atom. The van der Waals surface area contributed by atoms with E-state index in [1.54, 1.807) is 12.1 Å². The molecule has 0 aliphatic heterocycles. The van der Waals surface area contributed by atoms with Crippen LogP contribution in [0.5, 0.6) is 0 Å². The maximum atomic E-state index is 12.5. The summed E-state index contributed by atoms with van der Waals surface area (Å²) in [6, 6.07) is 20.9. The number of hydrazine groups is 1. The highest BCUT2D eigenvalue weighted by atomic mass is 32.2. The van der Waals surface area contributed by atoms with E-state index in [-0.39, 0.29) is 16.9 Å². The van der Waals surface area contributed by atoms with Crippen molar-refractivity contribution >= 4 is 27.4 Å². The molecule has 154 valence electrons. The second-order valence-electron chi connectivity index (χ2n) is 6.27. The number of hydrogen-bond donors (Lipinski definition) is 3. The summed E-state index contributed by atoms with van der Waals surface area (Å²) in [5.41, 5.74) is 5.84. The Balaban J connectivity index is 1.83. The van der Waals surface area contributed by atoms with Crippen molar-refractivity contribution in [3.63, 3.8) is 0 Å². The molecule has 3 aromatic rings. The molecule has 10 heteroatoms. The van der Waals surface area contributed by atoms with Gasteiger partial charge in [0.15, 0.2) is 5.25 Å². The zero-order valence-corrected chi connectivity index (χ0v) is 16.2. The Morgan fingerprint density at radius 1 is 0.900 bits per heavy atom. The molecule has 1 amide bonds. The van der Waals surface area contributed by atoms with Gasteiger partial charge < -0.3 is 0 Å². The standard InChI is InChI=1S/C20H17N3O6S/c24-20(22-21-17-8-4-5-9-18(17)23(25)26)19(30(27,28)29)16-12-10-15(11-13-16)14-6-2-1-3-7-14/h1-13,19,21H,(H,22,24)(H,27,28,29). The fraction of sp³-hybridized carbons (Fsp3) is 0.0500. The molecule has 0 saturated heterocycles. The summed E-state index contributed by atoms with van der Waals surface area (Å²) < 4.78 is 33.3. The Labute approximate surface area is 172 Å². The average molecular weight is 427 g/mol. The summed E-state index contributed by atoms with van der Waals surface area (Å²) >= 11 is 0. The quantitative estimate of drug-likeness (QED) is 0.299. The molecule has 0 spiro atoms. The zero-order valence-electron chi connectivity index (χ0n) is 15.4. The number of rotatable bonds is 7. The van der Waals surface area contributed by atoms with Crippen LogP contribution in [0.4, 0.5) is 11.4 Å². The third-order valence-electron chi connectivity index (χ3n) is 4.28. The van der Waals surface area contributed by atoms with E-state index in [2.05, 4.69) is 10.9 Å². The predicted molar refractivity (Wildman–Crippen MR) is 111 cm³/mol. The van der Waals surface area contributed by atoms with Crippen molar-refractivity contribution in [2.75, 3.05) is 5.43 Å². The van der Waals surface area contributed by atoms with Crippen LogP contribution in [0.15, 0.2) is 78.9 Å². The normalized spacial score (nSPS) is 12.0. The molecule has 3 N–H and O–H groups in total. The van der Waals surface area contributed by atoms with Crippen molar-refractivity contribution in [3.05, 3.63) is 94.5 Å². The number of nitro groups is 1. The van der Waals surface area contributed by atoms with Crippen LogP contribution >= 0.6 is 0 Å². The van der Waals surface area contributed by atoms with Crippen molar-refractivity contribution < 1.29 is 22.7 Å². The van der Waals surface area contributed by atoms with Crippen molar-refractivity contribution in [1.82, 2.24) is 5.43 Å². The van der Waals surface area contributed by atoms with Crippen molar-refractivity contribution in [2.45, 2.75) is 5.25 Å². The number of para-hydroxylation sites is 2. The van der Waals surface area contributed by atoms with Gasteiger partial charge in [-0.15, -0.1) is 0 Å². The maximum absolute atomic E-state index is 12.5. The first-order valence-corrected chi connectivity index (χ1v) is 10.2. The number of benzene rings is 3. The number of amides is 1. The monoisotopic (exact) mass is 427 g/mol. The van der Waals surface area contributed by atoms with Gasteiger partial charge in [-0.3, -0.25) is 30.3 Å². The highest BCUT2D eigenvalue weighted by molar-refractivity contribution is 7.86. The van der Waals surface area contributed by atoms with E-state index in [0.717, 1.165) is 11.1 Å². The lowest BCUT2D eigenvalue weighted by atomic mass is 10.0. The first kappa shape index (κ1) is 21.0. The first-order chi connectivity index (χ1) is 14.3. The molecule has 1 atom stereocenters. The van der Waals surface area contributed by atoms with Crippen molar-refractivity contribution in [3.8, 4) is 11.1 Å². The molecule has 0 aromatic heterocycles. The lowest BCUT2D eigenvalue weighted by molar-refractivity contribution is -0.384. The largest absolute Gasteiger partial charge is 0.294 e. The number of nitro benzene ring substituents is 1. The highest BCUT2D eigenvalue weighted by Gasteiger charge is 2.33. The van der Waals surface area contributed by atoms with Gasteiger partial charge in [-0.1, -0.05) is 66.7 Å². The minimum Gasteiger partial charge on any atom is -0.292 e. The predicted octanol–water partition coefficient (Wildman–Crippen LogP) is 3.33. The molecule has 0 saturated carbocycles. The molecular weight excluding hydrogens is 410 g/mol. The molecular formula is C20H17N3O6S. The van der Waals surface area contributed by atoms with Gasteiger partial charge in [0.25, 0.3) is 21.7 Å². The van der Waals surface area contributed by atoms with Gasteiger partial charge in [-0.25, -0.2) is 0 Å². The summed E-state index contributed by atoms with van der Waals surface area (Å²) in [4.78, 5) is 22.9. The van der Waals surface area contributed by atoms with Crippen LogP contribution in [0, 0.1) is 10.1 Å². The second kappa shape index (κ2) is 8.72. The first-order valence-electron chi connectivity index (χ1n) is 8.68. The molecule has 0 fully saturated rings. The van der Waals surface area contributed by atoms with E-state index in [9.17, 15) is 27.9 Å². The second-order valence-corrected chi connectivity index (χ2v) is 7.77. The van der Waals surface area contributed by atoms with E-state index < -0.39 is 26.2 Å². The van der Waals surface area contributed by atoms with Crippen LogP contribution in [0.2, 0.25) is 0 Å². The lowest BCUT2D eigenvalue weighted by Gasteiger charge is -2.16. The Morgan fingerprint density at radius 3 is 2.07 bits per heavy atom. The van der Waals surface area contributed by atoms with E-state index in [1.165, 1.54) is 36.4 Å². The molecule has 9 nitrogen and oxygen atoms in total. The topological polar surface area (TPSA) is 139 Å². The summed E-state index contributed by atoms with van der Waals surface area (Å²) in [6.45, 7) is 0. The van der Waals surface area contributed by atoms with Crippen LogP contribution < -0.4 is 10.9 Å². The fourth-order valence-electron chi connectivity index (χ4n) is 2.87. The van der Waals surface area contributed by atoms with Gasteiger partial charge in [0.05, 0.1) is 4.92 Å². The van der Waals surface area contributed by atoms with Crippen LogP contribution in [-0.2, 0) is 14.9 Å². The van der Waals surface area contributed by atoms with Gasteiger partial charge in [0, 0.05) is 6.07 Å². The molecule has 0 aliphatic carbocycles. The van der Waals surface area contributed by atoms with Gasteiger partial charge in [-0.2, -0.15) is 8.42 Å². The van der Waals surface area contributed by atoms with Crippen LogP contribution in [0.3, 0.4) is 0 Å². The smallest absolute Gasteiger partial charge is 0.292 e. The molecule has 3 aromatic carbocycles. The molecule has 0 aliphatic rings. The van der Waals surface area contributed by atoms with Gasteiger partial charge >= 0.3 is 0 Å². The molecule has 3 rings (SSSR count). The Hall–Kier alpha value is -3.76. The lowest BCUT2D eigenvalue weighted by Crippen LogP contribution is -2.37. The summed E-state index contributed by atoms with van der Waals surface area (Å²) in [6.07, 6.45) is 0. The maximum Gasteiger partial charge on any atom is 0.294 e. The molecule has 0 bridgehead atoms. The van der Waals surface area contributed by atoms with Crippen LogP contribution in [0.25, 0.3) is 11.1 Å². The van der Waals surface area contributed by atoms with Gasteiger partial charge in [-0.05, 0) is 22.8 Å². The third kappa shape index (κ3) is 4.80. The molecule has 0 radical (unpaired) electrons. The van der Waals surface area contributed by atoms with E-state index >= 15 is 0 Å². The number of anilines is 1. The summed E-state index contributed by atoms with van der Waals surface area (Å²) in [7, 11) is -4.81. The number of carbonyl (C=O) groups is 1. The number of hydrogen-bond acceptors (Lipinski definition) is 6. The number of nitrogens with zero attached hydrogens (tertiary/aromatic N) is 1. The summed E-state index contributed by atoms with van der Waals surface area (Å²) in [5, 5.41) is 9.13. The number of carbonyl (C=O) groups excluding carboxylic acids is 1. The Bertz CT molecular complexity index is 1160. The van der Waals surface area contributed by atoms with Crippen molar-refractivity contribution in [1.29, 1.82) is 0 Å². The average Bonchev–Trinajstić information content (AvgIpc) is 2.72. The van der Waals surface area contributed by atoms with E-state index in [0.29, 0.717) is 0 Å². The van der Waals surface area contributed by atoms with Gasteiger partial charge in [0.2, 0.25) is 0 Å². The molecule has 30 heavy (non-hydrogen) atoms. The highest BCUT2D eigenvalue weighted by Crippen LogP contribution is 2.27. The number of nitrogens with one attached hydrogen (secondary N) is 2. The molecule has 1 unspecified atom stereocenters. The van der Waals surface area contributed by atoms with Crippen LogP contribution in [-0.4, -0.2) is 23.8 Å². The third-order valence-corrected chi connectivity index (χ3v) is 5.36. The Kier molecular flexibility index (Phi) is 6.09. The van der Waals surface area contributed by atoms with E-state index in [4.69, 9.17) is 0 Å². The minimum absolute atomic E-state index is 0.0376. The molecule has 0 heterocycles. The fourth-order valence-corrected chi connectivity index (χ4v) is 3.70. The van der Waals surface area contributed by atoms with Gasteiger partial charge in [0.1, 0.15) is 5.69 Å². The zero-order chi connectivity index (χ0) is 21.7. The SMILES string of the molecule is O=C(NNc1ccccc1[N+](=O)[O-])C(c1ccc(-c2ccccc2)cc1)S(=O)(=O)O.